The molecule has 3 rings (SSSR count). The van der Waals surface area contributed by atoms with E-state index in [0.717, 1.165) is 0 Å². The number of fused-ring (bicyclic) bond motifs is 1. The number of hydrogen-bond acceptors (Lipinski definition) is 7. The predicted molar refractivity (Wildman–Crippen MR) is 109 cm³/mol. The number of nitrogens with zero attached hydrogens (tertiary/aromatic N) is 4. The van der Waals surface area contributed by atoms with Crippen molar-refractivity contribution in [2.75, 3.05) is 7.05 Å². The molecule has 1 aliphatic carbocycles. The summed E-state index contributed by atoms with van der Waals surface area (Å²) in [5.74, 6) is -0.706. The highest BCUT2D eigenvalue weighted by Crippen LogP contribution is 2.28. The van der Waals surface area contributed by atoms with Crippen LogP contribution in [0.4, 0.5) is 4.79 Å². The van der Waals surface area contributed by atoms with Crippen LogP contribution in [-0.4, -0.2) is 56.6 Å². The minimum absolute atomic E-state index is 0.219. The van der Waals surface area contributed by atoms with E-state index in [4.69, 9.17) is 9.47 Å². The van der Waals surface area contributed by atoms with E-state index >= 15 is 0 Å². The van der Waals surface area contributed by atoms with Gasteiger partial charge >= 0.3 is 12.1 Å². The first kappa shape index (κ1) is 21.2. The molecule has 0 spiro atoms. The molecule has 0 fully saturated rings. The van der Waals surface area contributed by atoms with Crippen molar-refractivity contribution in [3.8, 4) is 5.88 Å². The van der Waals surface area contributed by atoms with Gasteiger partial charge in [-0.05, 0) is 26.8 Å². The first-order chi connectivity index (χ1) is 14.1. The fourth-order valence-electron chi connectivity index (χ4n) is 2.95. The number of allylic oxidation sites excluding steroid dienone is 2. The maximum atomic E-state index is 12.1. The molecule has 1 aromatic rings. The fourth-order valence-corrected chi connectivity index (χ4v) is 2.95. The minimum Gasteiger partial charge on any atom is -0.478 e. The third kappa shape index (κ3) is 5.31. The zero-order valence-electron chi connectivity index (χ0n) is 17.3. The molecule has 0 radical (unpaired) electrons. The van der Waals surface area contributed by atoms with Crippen LogP contribution in [-0.2, 0) is 16.1 Å². The summed E-state index contributed by atoms with van der Waals surface area (Å²) in [7, 11) is 1.62. The average Bonchev–Trinajstić information content (AvgIpc) is 2.66. The number of carboxylic acids is 1. The average molecular weight is 412 g/mol. The first-order valence-electron chi connectivity index (χ1n) is 9.43. The number of dihydropyridines is 1. The first-order valence-corrected chi connectivity index (χ1v) is 9.43. The van der Waals surface area contributed by atoms with Crippen LogP contribution in [0.25, 0.3) is 0 Å². The van der Waals surface area contributed by atoms with Crippen molar-refractivity contribution in [1.29, 1.82) is 0 Å². The van der Waals surface area contributed by atoms with E-state index in [1.54, 1.807) is 58.2 Å². The highest BCUT2D eigenvalue weighted by Gasteiger charge is 2.30. The van der Waals surface area contributed by atoms with Gasteiger partial charge in [0.1, 0.15) is 11.9 Å². The molecule has 2 atom stereocenters. The molecule has 1 aromatic heterocycles. The second-order valence-corrected chi connectivity index (χ2v) is 7.94. The SMILES string of the molecule is CN(Cc1cc(OC2=NC3C=CC=C(C(=O)O)C3C=C2)ncn1)C(=O)OC(C)(C)C. The molecule has 1 amide bonds. The molecule has 0 saturated carbocycles. The van der Waals surface area contributed by atoms with Gasteiger partial charge in [0.25, 0.3) is 0 Å². The van der Waals surface area contributed by atoms with Crippen molar-refractivity contribution < 1.29 is 24.2 Å². The van der Waals surface area contributed by atoms with Gasteiger partial charge in [0.2, 0.25) is 11.8 Å². The van der Waals surface area contributed by atoms with Gasteiger partial charge in [-0.15, -0.1) is 0 Å². The number of aliphatic imine (C=N–C) groups is 1. The lowest BCUT2D eigenvalue weighted by Gasteiger charge is -2.25. The lowest BCUT2D eigenvalue weighted by atomic mass is 9.86. The molecule has 9 heteroatoms. The summed E-state index contributed by atoms with van der Waals surface area (Å²) in [6.45, 7) is 5.62. The summed E-state index contributed by atoms with van der Waals surface area (Å²) >= 11 is 0. The van der Waals surface area contributed by atoms with Gasteiger partial charge in [0, 0.05) is 24.6 Å². The van der Waals surface area contributed by atoms with E-state index in [9.17, 15) is 14.7 Å². The molecule has 2 heterocycles. The Bertz CT molecular complexity index is 958. The van der Waals surface area contributed by atoms with Crippen LogP contribution in [0.1, 0.15) is 26.5 Å². The summed E-state index contributed by atoms with van der Waals surface area (Å²) in [5.41, 5.74) is 0.272. The minimum atomic E-state index is -0.965. The molecule has 1 N–H and O–H groups in total. The zero-order valence-corrected chi connectivity index (χ0v) is 17.3. The van der Waals surface area contributed by atoms with Gasteiger partial charge in [-0.2, -0.15) is 0 Å². The van der Waals surface area contributed by atoms with Crippen LogP contribution in [0.5, 0.6) is 5.88 Å². The van der Waals surface area contributed by atoms with E-state index in [-0.39, 0.29) is 30.0 Å². The van der Waals surface area contributed by atoms with E-state index in [2.05, 4.69) is 15.0 Å². The second kappa shape index (κ2) is 8.48. The van der Waals surface area contributed by atoms with E-state index in [1.807, 2.05) is 6.08 Å². The molecule has 9 nitrogen and oxygen atoms in total. The number of ether oxygens (including phenoxy) is 2. The number of rotatable bonds is 4. The number of hydrogen-bond donors (Lipinski definition) is 1. The molecular formula is C21H24N4O5. The maximum absolute atomic E-state index is 12.1. The quantitative estimate of drug-likeness (QED) is 0.809. The third-order valence-corrected chi connectivity index (χ3v) is 4.29. The lowest BCUT2D eigenvalue weighted by molar-refractivity contribution is -0.133. The van der Waals surface area contributed by atoms with Crippen LogP contribution >= 0.6 is 0 Å². The van der Waals surface area contributed by atoms with E-state index in [1.165, 1.54) is 11.2 Å². The van der Waals surface area contributed by atoms with E-state index < -0.39 is 17.7 Å². The Morgan fingerprint density at radius 3 is 2.70 bits per heavy atom. The standard InChI is InChI=1S/C21H24N4O5/c1-21(2,3)30-20(28)25(4)11-13-10-18(23-12-22-13)29-17-9-8-14-15(19(26)27)6-5-7-16(14)24-17/h5-10,12,14,16H,11H2,1-4H3,(H,26,27). The number of aliphatic carboxylic acids is 1. The zero-order chi connectivity index (χ0) is 21.9. The monoisotopic (exact) mass is 412 g/mol. The molecule has 0 bridgehead atoms. The highest BCUT2D eigenvalue weighted by atomic mass is 16.6. The largest absolute Gasteiger partial charge is 0.478 e. The molecule has 2 unspecified atom stereocenters. The van der Waals surface area contributed by atoms with Gasteiger partial charge in [-0.1, -0.05) is 24.3 Å². The summed E-state index contributed by atoms with van der Waals surface area (Å²) < 4.78 is 11.1. The number of aromatic nitrogens is 2. The Morgan fingerprint density at radius 1 is 1.23 bits per heavy atom. The van der Waals surface area contributed by atoms with Crippen LogP contribution < -0.4 is 4.74 Å². The summed E-state index contributed by atoms with van der Waals surface area (Å²) in [6, 6.07) is 1.27. The Morgan fingerprint density at radius 2 is 2.00 bits per heavy atom. The second-order valence-electron chi connectivity index (χ2n) is 7.94. The van der Waals surface area contributed by atoms with Crippen molar-refractivity contribution in [3.63, 3.8) is 0 Å². The number of carbonyl (C=O) groups is 2. The van der Waals surface area contributed by atoms with E-state index in [0.29, 0.717) is 11.6 Å². The van der Waals surface area contributed by atoms with Gasteiger partial charge in [-0.25, -0.2) is 24.5 Å². The Labute approximate surface area is 174 Å². The molecule has 0 aromatic carbocycles. The van der Waals surface area contributed by atoms with Crippen LogP contribution in [0.15, 0.2) is 53.3 Å². The van der Waals surface area contributed by atoms with Crippen LogP contribution in [0.3, 0.4) is 0 Å². The van der Waals surface area contributed by atoms with Gasteiger partial charge in [-0.3, -0.25) is 0 Å². The Balaban J connectivity index is 1.66. The number of carbonyl (C=O) groups excluding carboxylic acids is 1. The molecular weight excluding hydrogens is 388 g/mol. The van der Waals surface area contributed by atoms with Crippen molar-refractivity contribution in [2.45, 2.75) is 39.0 Å². The van der Waals surface area contributed by atoms with Crippen molar-refractivity contribution in [2.24, 2.45) is 10.9 Å². The normalized spacial score (nSPS) is 20.0. The van der Waals surface area contributed by atoms with Gasteiger partial charge < -0.3 is 19.5 Å². The Hall–Kier alpha value is -3.49. The Kier molecular flexibility index (Phi) is 6.00. The van der Waals surface area contributed by atoms with Gasteiger partial charge in [0.05, 0.1) is 18.3 Å². The maximum Gasteiger partial charge on any atom is 0.410 e. The van der Waals surface area contributed by atoms with Crippen molar-refractivity contribution in [3.05, 3.63) is 54.0 Å². The van der Waals surface area contributed by atoms with Gasteiger partial charge in [0.15, 0.2) is 0 Å². The van der Waals surface area contributed by atoms with Crippen LogP contribution in [0, 0.1) is 5.92 Å². The summed E-state index contributed by atoms with van der Waals surface area (Å²) in [6.07, 6.45) is 9.36. The highest BCUT2D eigenvalue weighted by molar-refractivity contribution is 5.93. The summed E-state index contributed by atoms with van der Waals surface area (Å²) in [4.78, 5) is 37.6. The summed E-state index contributed by atoms with van der Waals surface area (Å²) in [5, 5.41) is 9.31. The molecule has 30 heavy (non-hydrogen) atoms. The number of carboxylic acid groups (broad SMARTS) is 1. The van der Waals surface area contributed by atoms with Crippen LogP contribution in [0.2, 0.25) is 0 Å². The molecule has 2 aliphatic rings. The smallest absolute Gasteiger partial charge is 0.410 e. The van der Waals surface area contributed by atoms with Crippen molar-refractivity contribution in [1.82, 2.24) is 14.9 Å². The topological polar surface area (TPSA) is 114 Å². The predicted octanol–water partition coefficient (Wildman–Crippen LogP) is 2.76. The van der Waals surface area contributed by atoms with Crippen molar-refractivity contribution >= 4 is 18.0 Å². The fraction of sp³-hybridized carbons (Fsp3) is 0.381. The molecule has 0 saturated heterocycles. The molecule has 158 valence electrons. The third-order valence-electron chi connectivity index (χ3n) is 4.29. The lowest BCUT2D eigenvalue weighted by Crippen LogP contribution is -2.34. The molecule has 1 aliphatic heterocycles. The number of amides is 1.